The number of benzene rings is 2. The van der Waals surface area contributed by atoms with E-state index in [0.717, 1.165) is 5.56 Å². The van der Waals surface area contributed by atoms with Gasteiger partial charge in [0, 0.05) is 12.5 Å². The third kappa shape index (κ3) is 4.36. The summed E-state index contributed by atoms with van der Waals surface area (Å²) in [6.07, 6.45) is -4.48. The molecule has 2 aliphatic heterocycles. The summed E-state index contributed by atoms with van der Waals surface area (Å²) in [7, 11) is 0. The molecule has 0 aromatic heterocycles. The lowest BCUT2D eigenvalue weighted by atomic mass is 9.95. The van der Waals surface area contributed by atoms with E-state index in [1.807, 2.05) is 30.3 Å². The smallest absolute Gasteiger partial charge is 0.338 e. The summed E-state index contributed by atoms with van der Waals surface area (Å²) in [4.78, 5) is 24.5. The molecule has 8 heteroatoms. The molecule has 2 aromatic rings. The lowest BCUT2D eigenvalue weighted by Gasteiger charge is -2.47. The first-order chi connectivity index (χ1) is 14.5. The summed E-state index contributed by atoms with van der Waals surface area (Å²) in [6, 6.07) is 16.8. The van der Waals surface area contributed by atoms with E-state index in [-0.39, 0.29) is 6.61 Å². The number of carbonyl (C=O) groups excluding carboxylic acids is 2. The zero-order chi connectivity index (χ0) is 21.1. The van der Waals surface area contributed by atoms with Gasteiger partial charge in [-0.25, -0.2) is 4.79 Å². The topological polar surface area (TPSA) is 103 Å². The van der Waals surface area contributed by atoms with Gasteiger partial charge in [-0.3, -0.25) is 4.79 Å². The second-order valence-electron chi connectivity index (χ2n) is 7.20. The molecular weight excluding hydrogens is 390 g/mol. The van der Waals surface area contributed by atoms with Gasteiger partial charge in [0.05, 0.1) is 12.2 Å². The van der Waals surface area contributed by atoms with E-state index < -0.39 is 48.8 Å². The number of hydrogen-bond donors (Lipinski definition) is 2. The third-order valence-electron chi connectivity index (χ3n) is 5.05. The Morgan fingerprint density at radius 2 is 1.70 bits per heavy atom. The van der Waals surface area contributed by atoms with Gasteiger partial charge >= 0.3 is 5.97 Å². The standard InChI is InChI=1S/C22H23NO7/c1-13(24)23-17-19(29-20(25)14-8-4-2-5-9-14)18-16(28-21(17)26)12-27-22(30-18)15-10-6-3-7-11-15/h2-11,16-19,21-22,26H,12H2,1H3,(H,23,24)/t16-,17-,18-,19-,21-,22+/m1/s1. The van der Waals surface area contributed by atoms with Gasteiger partial charge < -0.3 is 29.4 Å². The van der Waals surface area contributed by atoms with Gasteiger partial charge in [0.2, 0.25) is 5.91 Å². The van der Waals surface area contributed by atoms with Crippen LogP contribution in [0.25, 0.3) is 0 Å². The Kier molecular flexibility index (Phi) is 6.10. The van der Waals surface area contributed by atoms with Crippen LogP contribution in [-0.2, 0) is 23.7 Å². The lowest BCUT2D eigenvalue weighted by Crippen LogP contribution is -2.67. The zero-order valence-electron chi connectivity index (χ0n) is 16.3. The van der Waals surface area contributed by atoms with E-state index in [0.29, 0.717) is 5.56 Å². The van der Waals surface area contributed by atoms with Crippen molar-refractivity contribution in [3.05, 3.63) is 71.8 Å². The van der Waals surface area contributed by atoms with Crippen LogP contribution >= 0.6 is 0 Å². The Morgan fingerprint density at radius 3 is 2.37 bits per heavy atom. The normalized spacial score (nSPS) is 30.7. The Bertz CT molecular complexity index is 876. The van der Waals surface area contributed by atoms with Crippen LogP contribution in [-0.4, -0.2) is 54.2 Å². The fourth-order valence-electron chi connectivity index (χ4n) is 3.66. The maximum atomic E-state index is 12.7. The third-order valence-corrected chi connectivity index (χ3v) is 5.05. The fourth-order valence-corrected chi connectivity index (χ4v) is 3.66. The number of hydrogen-bond acceptors (Lipinski definition) is 7. The predicted octanol–water partition coefficient (Wildman–Crippen LogP) is 1.55. The van der Waals surface area contributed by atoms with Crippen molar-refractivity contribution in [2.24, 2.45) is 0 Å². The maximum absolute atomic E-state index is 12.7. The Balaban J connectivity index is 1.61. The van der Waals surface area contributed by atoms with Gasteiger partial charge in [0.1, 0.15) is 18.2 Å². The SMILES string of the molecule is CC(=O)N[C@@H]1[C@@H](OC(=O)c2ccccc2)[C@@H]2O[C@@H](c3ccccc3)OC[C@H]2O[C@H]1O. The molecule has 2 aliphatic rings. The molecule has 0 bridgehead atoms. The van der Waals surface area contributed by atoms with E-state index in [9.17, 15) is 14.7 Å². The molecule has 2 aromatic carbocycles. The predicted molar refractivity (Wildman–Crippen MR) is 104 cm³/mol. The van der Waals surface area contributed by atoms with Crippen molar-refractivity contribution in [2.75, 3.05) is 6.61 Å². The quantitative estimate of drug-likeness (QED) is 0.733. The highest BCUT2D eigenvalue weighted by atomic mass is 16.7. The molecule has 1 amide bonds. The first-order valence-corrected chi connectivity index (χ1v) is 9.71. The van der Waals surface area contributed by atoms with Crippen molar-refractivity contribution >= 4 is 11.9 Å². The van der Waals surface area contributed by atoms with Gasteiger partial charge in [0.15, 0.2) is 18.7 Å². The molecule has 158 valence electrons. The number of fused-ring (bicyclic) bond motifs is 1. The summed E-state index contributed by atoms with van der Waals surface area (Å²) < 4.78 is 23.2. The van der Waals surface area contributed by atoms with Crippen molar-refractivity contribution in [3.63, 3.8) is 0 Å². The molecule has 0 radical (unpaired) electrons. The molecule has 0 spiro atoms. The van der Waals surface area contributed by atoms with Crippen molar-refractivity contribution in [2.45, 2.75) is 43.9 Å². The van der Waals surface area contributed by atoms with Crippen molar-refractivity contribution in [1.29, 1.82) is 0 Å². The number of rotatable bonds is 4. The highest BCUT2D eigenvalue weighted by molar-refractivity contribution is 5.89. The summed E-state index contributed by atoms with van der Waals surface area (Å²) in [5.74, 6) is -0.983. The molecule has 30 heavy (non-hydrogen) atoms. The largest absolute Gasteiger partial charge is 0.453 e. The van der Waals surface area contributed by atoms with E-state index in [1.165, 1.54) is 6.92 Å². The van der Waals surface area contributed by atoms with Gasteiger partial charge in [-0.05, 0) is 12.1 Å². The monoisotopic (exact) mass is 413 g/mol. The van der Waals surface area contributed by atoms with Gasteiger partial charge in [0.25, 0.3) is 0 Å². The van der Waals surface area contributed by atoms with Gasteiger partial charge in [-0.15, -0.1) is 0 Å². The number of carbonyl (C=O) groups is 2. The second-order valence-corrected chi connectivity index (χ2v) is 7.20. The van der Waals surface area contributed by atoms with Gasteiger partial charge in [-0.2, -0.15) is 0 Å². The number of aliphatic hydroxyl groups excluding tert-OH is 1. The number of aliphatic hydroxyl groups is 1. The van der Waals surface area contributed by atoms with Crippen LogP contribution in [0, 0.1) is 0 Å². The van der Waals surface area contributed by atoms with Crippen LogP contribution < -0.4 is 5.32 Å². The van der Waals surface area contributed by atoms with Crippen LogP contribution in [0.15, 0.2) is 60.7 Å². The van der Waals surface area contributed by atoms with Crippen molar-refractivity contribution in [3.8, 4) is 0 Å². The minimum absolute atomic E-state index is 0.132. The highest BCUT2D eigenvalue weighted by Gasteiger charge is 2.52. The van der Waals surface area contributed by atoms with Crippen molar-refractivity contribution in [1.82, 2.24) is 5.32 Å². The molecule has 2 fully saturated rings. The Morgan fingerprint density at radius 1 is 1.03 bits per heavy atom. The fraction of sp³-hybridized carbons (Fsp3) is 0.364. The maximum Gasteiger partial charge on any atom is 0.338 e. The molecule has 2 saturated heterocycles. The van der Waals surface area contributed by atoms with Gasteiger partial charge in [-0.1, -0.05) is 48.5 Å². The van der Waals surface area contributed by atoms with E-state index in [1.54, 1.807) is 30.3 Å². The molecular formula is C22H23NO7. The minimum Gasteiger partial charge on any atom is -0.453 e. The number of nitrogens with one attached hydrogen (secondary N) is 1. The zero-order valence-corrected chi connectivity index (χ0v) is 16.3. The molecule has 2 heterocycles. The van der Waals surface area contributed by atoms with E-state index in [2.05, 4.69) is 5.32 Å². The van der Waals surface area contributed by atoms with E-state index in [4.69, 9.17) is 18.9 Å². The minimum atomic E-state index is -1.39. The molecule has 0 aliphatic carbocycles. The molecule has 4 rings (SSSR count). The molecule has 0 unspecified atom stereocenters. The molecule has 6 atom stereocenters. The molecule has 2 N–H and O–H groups in total. The van der Waals surface area contributed by atoms with E-state index >= 15 is 0 Å². The molecule has 0 saturated carbocycles. The second kappa shape index (κ2) is 8.93. The first-order valence-electron chi connectivity index (χ1n) is 9.71. The first kappa shape index (κ1) is 20.5. The average Bonchev–Trinajstić information content (AvgIpc) is 2.77. The number of esters is 1. The molecule has 8 nitrogen and oxygen atoms in total. The summed E-state index contributed by atoms with van der Waals surface area (Å²) in [6.45, 7) is 1.44. The van der Waals surface area contributed by atoms with Crippen molar-refractivity contribution < 1.29 is 33.6 Å². The average molecular weight is 413 g/mol. The number of ether oxygens (including phenoxy) is 4. The Hall–Kier alpha value is -2.78. The lowest BCUT2D eigenvalue weighted by molar-refractivity contribution is -0.337. The summed E-state index contributed by atoms with van der Waals surface area (Å²) in [5.41, 5.74) is 1.15. The summed E-state index contributed by atoms with van der Waals surface area (Å²) >= 11 is 0. The van der Waals surface area contributed by atoms with Crippen LogP contribution in [0.2, 0.25) is 0 Å². The number of amides is 1. The van der Waals surface area contributed by atoms with Crippen LogP contribution in [0.5, 0.6) is 0 Å². The Labute approximate surface area is 173 Å². The van der Waals surface area contributed by atoms with Crippen LogP contribution in [0.1, 0.15) is 29.1 Å². The highest BCUT2D eigenvalue weighted by Crippen LogP contribution is 2.35. The van der Waals surface area contributed by atoms with Crippen LogP contribution in [0.4, 0.5) is 0 Å². The van der Waals surface area contributed by atoms with Crippen LogP contribution in [0.3, 0.4) is 0 Å². The summed E-state index contributed by atoms with van der Waals surface area (Å²) in [5, 5.41) is 13.1.